The third-order valence-electron chi connectivity index (χ3n) is 1.99. The summed E-state index contributed by atoms with van der Waals surface area (Å²) in [5.41, 5.74) is 1.03. The molecule has 16 heavy (non-hydrogen) atoms. The summed E-state index contributed by atoms with van der Waals surface area (Å²) < 4.78 is 23.9. The van der Waals surface area contributed by atoms with E-state index in [9.17, 15) is 4.57 Å². The van der Waals surface area contributed by atoms with Crippen LogP contribution in [0.5, 0.6) is 0 Å². The molecule has 0 saturated carbocycles. The van der Waals surface area contributed by atoms with E-state index in [4.69, 9.17) is 9.05 Å². The Morgan fingerprint density at radius 1 is 1.31 bits per heavy atom. The summed E-state index contributed by atoms with van der Waals surface area (Å²) in [5, 5.41) is 0.594. The molecule has 88 valence electrons. The molecule has 0 bridgehead atoms. The Hall–Kier alpha value is -0.0851. The maximum Gasteiger partial charge on any atom is 0.362 e. The third-order valence-corrected chi connectivity index (χ3v) is 5.15. The molecule has 0 unspecified atom stereocenters. The maximum absolute atomic E-state index is 12.5. The zero-order valence-corrected chi connectivity index (χ0v) is 12.2. The van der Waals surface area contributed by atoms with Crippen molar-refractivity contribution in [2.45, 2.75) is 13.8 Å². The third kappa shape index (κ3) is 3.20. The average Bonchev–Trinajstić information content (AvgIpc) is 2.22. The number of hydrogen-bond donors (Lipinski definition) is 0. The van der Waals surface area contributed by atoms with Gasteiger partial charge in [0, 0.05) is 4.47 Å². The summed E-state index contributed by atoms with van der Waals surface area (Å²) in [4.78, 5) is 0. The van der Waals surface area contributed by atoms with Gasteiger partial charge in [-0.15, -0.1) is 0 Å². The number of hydrogen-bond acceptors (Lipinski definition) is 3. The quantitative estimate of drug-likeness (QED) is 0.612. The highest BCUT2D eigenvalue weighted by atomic mass is 79.9. The highest BCUT2D eigenvalue weighted by molar-refractivity contribution is 9.10. The molecular weight excluding hydrogens is 290 g/mol. The second-order valence-corrected chi connectivity index (χ2v) is 6.14. The largest absolute Gasteiger partial charge is 0.362 e. The molecule has 0 spiro atoms. The first-order valence-corrected chi connectivity index (χ1v) is 7.53. The molecule has 1 aromatic carbocycles. The van der Waals surface area contributed by atoms with Gasteiger partial charge < -0.3 is 9.05 Å². The minimum absolute atomic E-state index is 0.359. The van der Waals surface area contributed by atoms with Gasteiger partial charge in [-0.05, 0) is 35.8 Å². The predicted octanol–water partition coefficient (Wildman–Crippen LogP) is 1.60. The molecule has 0 aliphatic carbocycles. The van der Waals surface area contributed by atoms with E-state index in [1.165, 1.54) is 0 Å². The lowest BCUT2D eigenvalue weighted by atomic mass is 9.97. The van der Waals surface area contributed by atoms with Crippen molar-refractivity contribution >= 4 is 42.1 Å². The van der Waals surface area contributed by atoms with Crippen LogP contribution < -0.4 is 10.8 Å². The topological polar surface area (TPSA) is 35.5 Å². The Morgan fingerprint density at radius 2 is 1.88 bits per heavy atom. The highest BCUT2D eigenvalue weighted by Crippen LogP contribution is 2.48. The average molecular weight is 305 g/mol. The van der Waals surface area contributed by atoms with Crippen molar-refractivity contribution in [1.29, 1.82) is 0 Å². The van der Waals surface area contributed by atoms with E-state index in [0.29, 0.717) is 18.5 Å². The summed E-state index contributed by atoms with van der Waals surface area (Å²) in [6.45, 7) is 4.32. The van der Waals surface area contributed by atoms with Crippen molar-refractivity contribution < 1.29 is 13.6 Å². The van der Waals surface area contributed by atoms with Crippen molar-refractivity contribution in [1.82, 2.24) is 0 Å². The molecule has 0 heterocycles. The van der Waals surface area contributed by atoms with E-state index in [2.05, 4.69) is 15.9 Å². The molecule has 1 aromatic rings. The van der Waals surface area contributed by atoms with Crippen LogP contribution in [0.15, 0.2) is 22.7 Å². The van der Waals surface area contributed by atoms with Crippen LogP contribution >= 0.6 is 23.5 Å². The molecule has 0 fully saturated rings. The lowest BCUT2D eigenvalue weighted by Gasteiger charge is -2.18. The Bertz CT molecular complexity index is 401. The van der Waals surface area contributed by atoms with Crippen LogP contribution in [0.3, 0.4) is 0 Å². The summed E-state index contributed by atoms with van der Waals surface area (Å²) >= 11 is 3.37. The molecule has 0 aromatic heterocycles. The summed E-state index contributed by atoms with van der Waals surface area (Å²) in [7, 11) is -1.24. The molecule has 0 amide bonds. The maximum atomic E-state index is 12.5. The van der Waals surface area contributed by atoms with E-state index in [0.717, 1.165) is 9.94 Å². The van der Waals surface area contributed by atoms with E-state index in [1.54, 1.807) is 13.8 Å². The number of halogens is 1. The van der Waals surface area contributed by atoms with Crippen molar-refractivity contribution in [2.24, 2.45) is 0 Å². The fourth-order valence-corrected chi connectivity index (χ4v) is 3.98. The van der Waals surface area contributed by atoms with Gasteiger partial charge in [-0.3, -0.25) is 4.57 Å². The van der Waals surface area contributed by atoms with Gasteiger partial charge in [-0.1, -0.05) is 17.6 Å². The van der Waals surface area contributed by atoms with Crippen molar-refractivity contribution in [3.8, 4) is 0 Å². The van der Waals surface area contributed by atoms with Crippen molar-refractivity contribution in [3.63, 3.8) is 0 Å². The molecule has 1 rings (SSSR count). The molecule has 6 heteroatoms. The zero-order valence-electron chi connectivity index (χ0n) is 9.70. The molecule has 0 aliphatic heterocycles. The van der Waals surface area contributed by atoms with Crippen LogP contribution in [-0.4, -0.2) is 21.1 Å². The fourth-order valence-electron chi connectivity index (χ4n) is 1.35. The Kier molecular flexibility index (Phi) is 5.25. The van der Waals surface area contributed by atoms with Gasteiger partial charge in [0.2, 0.25) is 0 Å². The standard InChI is InChI=1S/C10H15BBrO3P/c1-3-14-16(13,15-4-2)10-7-8(11)5-6-9(10)12/h5-7H,3-4,11H2,1-2H3. The first-order valence-electron chi connectivity index (χ1n) is 5.19. The second kappa shape index (κ2) is 6.01. The Labute approximate surface area is 106 Å². The van der Waals surface area contributed by atoms with Crippen LogP contribution in [0, 0.1) is 0 Å². The van der Waals surface area contributed by atoms with Gasteiger partial charge in [0.05, 0.1) is 18.5 Å². The zero-order chi connectivity index (χ0) is 12.2. The Balaban J connectivity index is 3.20. The fraction of sp³-hybridized carbons (Fsp3) is 0.400. The second-order valence-electron chi connectivity index (χ2n) is 3.29. The molecule has 0 aliphatic rings. The number of rotatable bonds is 5. The van der Waals surface area contributed by atoms with Crippen LogP contribution in [0.1, 0.15) is 13.8 Å². The van der Waals surface area contributed by atoms with Gasteiger partial charge in [0.1, 0.15) is 7.85 Å². The smallest absolute Gasteiger partial charge is 0.305 e. The Morgan fingerprint density at radius 3 is 2.38 bits per heavy atom. The molecule has 0 atom stereocenters. The first kappa shape index (κ1) is 14.0. The molecule has 0 radical (unpaired) electrons. The number of benzene rings is 1. The van der Waals surface area contributed by atoms with Crippen LogP contribution in [0.2, 0.25) is 0 Å². The van der Waals surface area contributed by atoms with Crippen LogP contribution in [-0.2, 0) is 13.6 Å². The summed E-state index contributed by atoms with van der Waals surface area (Å²) in [5.74, 6) is 0. The highest BCUT2D eigenvalue weighted by Gasteiger charge is 2.28. The molecule has 3 nitrogen and oxygen atoms in total. The summed E-state index contributed by atoms with van der Waals surface area (Å²) in [6.07, 6.45) is 0. The van der Waals surface area contributed by atoms with E-state index in [-0.39, 0.29) is 0 Å². The molecular formula is C10H15BBrO3P. The minimum atomic E-state index is -3.18. The lowest BCUT2D eigenvalue weighted by molar-refractivity contribution is 0.230. The van der Waals surface area contributed by atoms with E-state index < -0.39 is 7.60 Å². The lowest BCUT2D eigenvalue weighted by Crippen LogP contribution is -2.17. The molecule has 0 N–H and O–H groups in total. The summed E-state index contributed by atoms with van der Waals surface area (Å²) in [6, 6.07) is 5.63. The van der Waals surface area contributed by atoms with Gasteiger partial charge in [0.25, 0.3) is 0 Å². The SMILES string of the molecule is Bc1ccc(Br)c(P(=O)(OCC)OCC)c1. The van der Waals surface area contributed by atoms with Crippen molar-refractivity contribution in [2.75, 3.05) is 13.2 Å². The van der Waals surface area contributed by atoms with E-state index >= 15 is 0 Å². The van der Waals surface area contributed by atoms with Gasteiger partial charge in [0.15, 0.2) is 0 Å². The normalized spacial score (nSPS) is 11.7. The minimum Gasteiger partial charge on any atom is -0.305 e. The van der Waals surface area contributed by atoms with Crippen LogP contribution in [0.4, 0.5) is 0 Å². The van der Waals surface area contributed by atoms with Gasteiger partial charge in [-0.2, -0.15) is 0 Å². The van der Waals surface area contributed by atoms with Gasteiger partial charge >= 0.3 is 7.60 Å². The van der Waals surface area contributed by atoms with Crippen LogP contribution in [0.25, 0.3) is 0 Å². The first-order chi connectivity index (χ1) is 7.53. The molecule has 0 saturated heterocycles. The van der Waals surface area contributed by atoms with E-state index in [1.807, 2.05) is 26.0 Å². The van der Waals surface area contributed by atoms with Gasteiger partial charge in [-0.25, -0.2) is 0 Å². The van der Waals surface area contributed by atoms with Crippen molar-refractivity contribution in [3.05, 3.63) is 22.7 Å². The predicted molar refractivity (Wildman–Crippen MR) is 72.8 cm³/mol. The monoisotopic (exact) mass is 304 g/mol.